The van der Waals surface area contributed by atoms with Crippen LogP contribution in [0.15, 0.2) is 69.2 Å². The van der Waals surface area contributed by atoms with Crippen molar-refractivity contribution in [1.82, 2.24) is 0 Å². The number of fused-ring (bicyclic) bond motifs is 1. The van der Waals surface area contributed by atoms with Crippen molar-refractivity contribution in [3.8, 4) is 11.3 Å². The highest BCUT2D eigenvalue weighted by Gasteiger charge is 2.24. The molecule has 6 heteroatoms. The normalized spacial score (nSPS) is 16.4. The van der Waals surface area contributed by atoms with Gasteiger partial charge < -0.3 is 9.73 Å². The van der Waals surface area contributed by atoms with E-state index in [1.165, 1.54) is 0 Å². The Kier molecular flexibility index (Phi) is 3.95. The number of rotatable bonds is 3. The van der Waals surface area contributed by atoms with Crippen molar-refractivity contribution in [2.45, 2.75) is 6.42 Å². The van der Waals surface area contributed by atoms with Gasteiger partial charge in [-0.2, -0.15) is 10.2 Å². The van der Waals surface area contributed by atoms with Gasteiger partial charge in [0, 0.05) is 34.5 Å². The van der Waals surface area contributed by atoms with Crippen LogP contribution < -0.4 is 5.32 Å². The highest BCUT2D eigenvalue weighted by molar-refractivity contribution is 6.36. The number of nitrogens with one attached hydrogen (secondary N) is 1. The van der Waals surface area contributed by atoms with E-state index < -0.39 is 0 Å². The predicted octanol–water partition coefficient (Wildman–Crippen LogP) is 5.27. The van der Waals surface area contributed by atoms with E-state index in [4.69, 9.17) is 16.0 Å². The number of hydrogen-bond acceptors (Lipinski definition) is 4. The van der Waals surface area contributed by atoms with E-state index in [0.29, 0.717) is 16.4 Å². The zero-order valence-electron chi connectivity index (χ0n) is 14.6. The van der Waals surface area contributed by atoms with Gasteiger partial charge in [-0.15, -0.1) is 0 Å². The first-order valence-corrected chi connectivity index (χ1v) is 9.17. The van der Waals surface area contributed by atoms with E-state index in [-0.39, 0.29) is 5.91 Å². The smallest absolute Gasteiger partial charge is 0.256 e. The molecular formula is C22H14ClN3O2. The standard InChI is InChI=1S/C22H14ClN3O2/c23-15-4-6-20-17(11-15)18(22(27)25-20)12-16-5-7-21(28-16)14-3-1-2-13(10-14)19-8-9-24-26-19/h1-7,9-12H,8H2,(H,25,27)/b18-12+. The molecule has 0 saturated heterocycles. The first-order chi connectivity index (χ1) is 13.7. The molecule has 0 aliphatic carbocycles. The van der Waals surface area contributed by atoms with Gasteiger partial charge in [-0.1, -0.05) is 29.8 Å². The minimum absolute atomic E-state index is 0.170. The molecule has 3 heterocycles. The Hall–Kier alpha value is -3.44. The highest BCUT2D eigenvalue weighted by atomic mass is 35.5. The van der Waals surface area contributed by atoms with Crippen molar-refractivity contribution < 1.29 is 9.21 Å². The van der Waals surface area contributed by atoms with Crippen molar-refractivity contribution in [2.24, 2.45) is 10.2 Å². The van der Waals surface area contributed by atoms with E-state index >= 15 is 0 Å². The van der Waals surface area contributed by atoms with Crippen LogP contribution in [0, 0.1) is 0 Å². The predicted molar refractivity (Wildman–Crippen MR) is 112 cm³/mol. The van der Waals surface area contributed by atoms with Crippen molar-refractivity contribution in [3.05, 3.63) is 76.5 Å². The van der Waals surface area contributed by atoms with Crippen LogP contribution in [0.4, 0.5) is 5.69 Å². The van der Waals surface area contributed by atoms with Crippen LogP contribution in [0.25, 0.3) is 23.0 Å². The molecule has 0 spiro atoms. The van der Waals surface area contributed by atoms with Gasteiger partial charge in [0.25, 0.3) is 5.91 Å². The Labute approximate surface area is 166 Å². The summed E-state index contributed by atoms with van der Waals surface area (Å²) in [5.74, 6) is 1.15. The molecule has 5 rings (SSSR count). The van der Waals surface area contributed by atoms with Crippen molar-refractivity contribution in [3.63, 3.8) is 0 Å². The van der Waals surface area contributed by atoms with Crippen LogP contribution in [-0.4, -0.2) is 17.8 Å². The fourth-order valence-corrected chi connectivity index (χ4v) is 3.51. The summed E-state index contributed by atoms with van der Waals surface area (Å²) in [5, 5.41) is 11.5. The molecule has 136 valence electrons. The van der Waals surface area contributed by atoms with E-state index in [0.717, 1.165) is 40.3 Å². The van der Waals surface area contributed by atoms with Crippen LogP contribution in [0.1, 0.15) is 23.3 Å². The largest absolute Gasteiger partial charge is 0.457 e. The van der Waals surface area contributed by atoms with Crippen molar-refractivity contribution in [1.29, 1.82) is 0 Å². The Balaban J connectivity index is 1.48. The first-order valence-electron chi connectivity index (χ1n) is 8.79. The molecule has 0 radical (unpaired) electrons. The zero-order valence-corrected chi connectivity index (χ0v) is 15.4. The number of anilines is 1. The summed E-state index contributed by atoms with van der Waals surface area (Å²) in [6.45, 7) is 0. The minimum atomic E-state index is -0.170. The topological polar surface area (TPSA) is 67.0 Å². The maximum Gasteiger partial charge on any atom is 0.256 e. The van der Waals surface area contributed by atoms with Crippen LogP contribution in [0.2, 0.25) is 5.02 Å². The summed E-state index contributed by atoms with van der Waals surface area (Å²) in [6.07, 6.45) is 4.26. The molecule has 1 N–H and O–H groups in total. The van der Waals surface area contributed by atoms with Crippen LogP contribution in [-0.2, 0) is 4.79 Å². The monoisotopic (exact) mass is 387 g/mol. The van der Waals surface area contributed by atoms with E-state index in [2.05, 4.69) is 15.5 Å². The lowest BCUT2D eigenvalue weighted by Crippen LogP contribution is -2.03. The molecule has 0 bridgehead atoms. The average molecular weight is 388 g/mol. The average Bonchev–Trinajstić information content (AvgIpc) is 3.44. The highest BCUT2D eigenvalue weighted by Crippen LogP contribution is 2.35. The lowest BCUT2D eigenvalue weighted by molar-refractivity contribution is -0.110. The quantitative estimate of drug-likeness (QED) is 0.622. The van der Waals surface area contributed by atoms with E-state index in [1.54, 1.807) is 30.5 Å². The fourth-order valence-electron chi connectivity index (χ4n) is 3.34. The molecule has 2 aliphatic heterocycles. The number of halogens is 1. The summed E-state index contributed by atoms with van der Waals surface area (Å²) in [7, 11) is 0. The van der Waals surface area contributed by atoms with Gasteiger partial charge in [-0.05, 0) is 48.0 Å². The van der Waals surface area contributed by atoms with Gasteiger partial charge in [0.1, 0.15) is 11.5 Å². The number of amides is 1. The van der Waals surface area contributed by atoms with Gasteiger partial charge in [-0.3, -0.25) is 4.79 Å². The summed E-state index contributed by atoms with van der Waals surface area (Å²) in [4.78, 5) is 12.3. The maximum absolute atomic E-state index is 12.3. The third-order valence-corrected chi connectivity index (χ3v) is 4.94. The fraction of sp³-hybridized carbons (Fsp3) is 0.0455. The Morgan fingerprint density at radius 3 is 2.82 bits per heavy atom. The van der Waals surface area contributed by atoms with E-state index in [1.807, 2.05) is 36.4 Å². The number of carbonyl (C=O) groups is 1. The number of carbonyl (C=O) groups excluding carboxylic acids is 1. The van der Waals surface area contributed by atoms with Gasteiger partial charge >= 0.3 is 0 Å². The van der Waals surface area contributed by atoms with Crippen LogP contribution in [0.5, 0.6) is 0 Å². The lowest BCUT2D eigenvalue weighted by Gasteiger charge is -2.02. The molecule has 0 fully saturated rings. The van der Waals surface area contributed by atoms with Gasteiger partial charge in [-0.25, -0.2) is 0 Å². The second-order valence-corrected chi connectivity index (χ2v) is 6.97. The number of hydrogen-bond donors (Lipinski definition) is 1. The number of nitrogens with zero attached hydrogens (tertiary/aromatic N) is 2. The van der Waals surface area contributed by atoms with Crippen LogP contribution >= 0.6 is 11.6 Å². The van der Waals surface area contributed by atoms with Gasteiger partial charge in [0.2, 0.25) is 0 Å². The number of benzene rings is 2. The molecule has 3 aromatic rings. The SMILES string of the molecule is O=C1Nc2ccc(Cl)cc2/C1=C\c1ccc(-c2cccc(C3=NN=CC3)c2)o1. The minimum Gasteiger partial charge on any atom is -0.457 e. The summed E-state index contributed by atoms with van der Waals surface area (Å²) >= 11 is 6.08. The molecule has 1 aromatic heterocycles. The Morgan fingerprint density at radius 1 is 1.07 bits per heavy atom. The molecular weight excluding hydrogens is 374 g/mol. The van der Waals surface area contributed by atoms with E-state index in [9.17, 15) is 4.79 Å². The second kappa shape index (κ2) is 6.62. The van der Waals surface area contributed by atoms with Gasteiger partial charge in [0.15, 0.2) is 0 Å². The van der Waals surface area contributed by atoms with Gasteiger partial charge in [0.05, 0.1) is 11.3 Å². The zero-order chi connectivity index (χ0) is 19.1. The first kappa shape index (κ1) is 16.7. The molecule has 2 aliphatic rings. The molecule has 28 heavy (non-hydrogen) atoms. The summed E-state index contributed by atoms with van der Waals surface area (Å²) < 4.78 is 5.98. The van der Waals surface area contributed by atoms with Crippen molar-refractivity contribution >= 4 is 46.8 Å². The third-order valence-electron chi connectivity index (χ3n) is 4.70. The lowest BCUT2D eigenvalue weighted by atomic mass is 10.0. The molecule has 1 amide bonds. The second-order valence-electron chi connectivity index (χ2n) is 6.53. The molecule has 2 aromatic carbocycles. The van der Waals surface area contributed by atoms with Crippen LogP contribution in [0.3, 0.4) is 0 Å². The molecule has 0 saturated carbocycles. The Bertz CT molecular complexity index is 1200. The summed E-state index contributed by atoms with van der Waals surface area (Å²) in [5.41, 5.74) is 4.95. The third kappa shape index (κ3) is 2.96. The Morgan fingerprint density at radius 2 is 1.96 bits per heavy atom. The molecule has 0 unspecified atom stereocenters. The molecule has 0 atom stereocenters. The van der Waals surface area contributed by atoms with Crippen molar-refractivity contribution in [2.75, 3.05) is 5.32 Å². The maximum atomic E-state index is 12.3. The molecule has 5 nitrogen and oxygen atoms in total. The summed E-state index contributed by atoms with van der Waals surface area (Å²) in [6, 6.07) is 17.0. The number of furan rings is 1.